The van der Waals surface area contributed by atoms with E-state index in [-0.39, 0.29) is 12.1 Å². The van der Waals surface area contributed by atoms with Crippen LogP contribution in [0.5, 0.6) is 5.75 Å². The second-order valence-electron chi connectivity index (χ2n) is 6.66. The molecule has 2 aromatic heterocycles. The Hall–Kier alpha value is -3.04. The summed E-state index contributed by atoms with van der Waals surface area (Å²) in [5.41, 5.74) is 0.281. The van der Waals surface area contributed by atoms with Crippen LogP contribution in [0.3, 0.4) is 0 Å². The average Bonchev–Trinajstić information content (AvgIpc) is 3.42. The van der Waals surface area contributed by atoms with Gasteiger partial charge in [0.05, 0.1) is 28.7 Å². The number of carbonyl (C=O) groups excluding carboxylic acids is 1. The third-order valence-corrected chi connectivity index (χ3v) is 6.20. The molecule has 31 heavy (non-hydrogen) atoms. The highest BCUT2D eigenvalue weighted by Crippen LogP contribution is 2.39. The van der Waals surface area contributed by atoms with Crippen molar-refractivity contribution in [3.63, 3.8) is 0 Å². The number of benzene rings is 2. The van der Waals surface area contributed by atoms with Crippen molar-refractivity contribution in [3.05, 3.63) is 71.3 Å². The van der Waals surface area contributed by atoms with E-state index < -0.39 is 17.5 Å². The smallest absolute Gasteiger partial charge is 0.263 e. The number of carbonyl (C=O) groups is 1. The normalized spacial score (nSPS) is 11.1. The zero-order valence-corrected chi connectivity index (χ0v) is 18.0. The summed E-state index contributed by atoms with van der Waals surface area (Å²) < 4.78 is 35.6. The van der Waals surface area contributed by atoms with Gasteiger partial charge in [-0.05, 0) is 30.7 Å². The highest BCUT2D eigenvalue weighted by Gasteiger charge is 2.25. The lowest BCUT2D eigenvalue weighted by Crippen LogP contribution is -2.33. The molecule has 0 spiro atoms. The van der Waals surface area contributed by atoms with Gasteiger partial charge in [-0.15, -0.1) is 0 Å². The minimum atomic E-state index is -0.929. The highest BCUT2D eigenvalue weighted by atomic mass is 35.5. The van der Waals surface area contributed by atoms with E-state index >= 15 is 0 Å². The van der Waals surface area contributed by atoms with Gasteiger partial charge in [-0.25, -0.2) is 18.7 Å². The summed E-state index contributed by atoms with van der Waals surface area (Å²) in [6, 6.07) is 6.26. The van der Waals surface area contributed by atoms with Gasteiger partial charge in [0.15, 0.2) is 5.13 Å². The summed E-state index contributed by atoms with van der Waals surface area (Å²) in [6.07, 6.45) is 5.71. The molecule has 2 heterocycles. The zero-order chi connectivity index (χ0) is 22.0. The molecule has 2 aromatic carbocycles. The number of hydrogen-bond donors (Lipinski definition) is 0. The van der Waals surface area contributed by atoms with Crippen LogP contribution in [0.2, 0.25) is 5.02 Å². The molecular weight excluding hydrogens is 446 g/mol. The summed E-state index contributed by atoms with van der Waals surface area (Å²) in [4.78, 5) is 23.2. The number of methoxy groups -OCH3 is 1. The second kappa shape index (κ2) is 8.99. The van der Waals surface area contributed by atoms with Crippen molar-refractivity contribution in [1.82, 2.24) is 14.5 Å². The summed E-state index contributed by atoms with van der Waals surface area (Å²) in [5, 5.41) is 0.819. The molecule has 4 rings (SSSR count). The highest BCUT2D eigenvalue weighted by molar-refractivity contribution is 7.23. The van der Waals surface area contributed by atoms with Crippen LogP contribution >= 0.6 is 22.9 Å². The van der Waals surface area contributed by atoms with Gasteiger partial charge in [0.25, 0.3) is 5.91 Å². The molecule has 0 aliphatic rings. The number of aryl methyl sites for hydroxylation is 1. The minimum Gasteiger partial charge on any atom is -0.494 e. The van der Waals surface area contributed by atoms with Crippen molar-refractivity contribution in [1.29, 1.82) is 0 Å². The number of rotatable bonds is 7. The van der Waals surface area contributed by atoms with Gasteiger partial charge in [-0.3, -0.25) is 9.69 Å². The molecule has 0 unspecified atom stereocenters. The molecule has 0 fully saturated rings. The van der Waals surface area contributed by atoms with Crippen molar-refractivity contribution in [3.8, 4) is 5.75 Å². The molecule has 10 heteroatoms. The molecular formula is C21H17ClF2N4O2S. The third-order valence-electron chi connectivity index (χ3n) is 4.66. The topological polar surface area (TPSA) is 60.2 Å². The molecule has 6 nitrogen and oxygen atoms in total. The number of anilines is 1. The minimum absolute atomic E-state index is 0.235. The van der Waals surface area contributed by atoms with Crippen LogP contribution in [0.15, 0.2) is 49.1 Å². The fourth-order valence-electron chi connectivity index (χ4n) is 3.14. The van der Waals surface area contributed by atoms with Gasteiger partial charge in [-0.1, -0.05) is 22.9 Å². The van der Waals surface area contributed by atoms with Crippen LogP contribution < -0.4 is 9.64 Å². The van der Waals surface area contributed by atoms with Gasteiger partial charge < -0.3 is 9.30 Å². The molecule has 0 saturated heterocycles. The number of aromatic nitrogens is 3. The summed E-state index contributed by atoms with van der Waals surface area (Å²) in [7, 11) is 1.52. The number of hydrogen-bond acceptors (Lipinski definition) is 5. The Kier molecular flexibility index (Phi) is 6.15. The van der Waals surface area contributed by atoms with Gasteiger partial charge in [0, 0.05) is 31.5 Å². The average molecular weight is 463 g/mol. The fourth-order valence-corrected chi connectivity index (χ4v) is 4.42. The first-order chi connectivity index (χ1) is 15.0. The number of imidazole rings is 1. The van der Waals surface area contributed by atoms with Crippen LogP contribution in [-0.4, -0.2) is 34.1 Å². The van der Waals surface area contributed by atoms with Crippen LogP contribution in [0.1, 0.15) is 16.8 Å². The number of ether oxygens (including phenoxy) is 1. The summed E-state index contributed by atoms with van der Waals surface area (Å²) in [6.45, 7) is 0.859. The predicted molar refractivity (Wildman–Crippen MR) is 116 cm³/mol. The van der Waals surface area contributed by atoms with Crippen LogP contribution in [0, 0.1) is 11.6 Å². The molecule has 0 aliphatic heterocycles. The number of thiazole rings is 1. The molecule has 4 aromatic rings. The number of fused-ring (bicyclic) bond motifs is 1. The SMILES string of the molecule is COc1ccc(Cl)c2sc(N(CCCn3ccnc3)C(=O)c3ccc(F)cc3F)nc12. The van der Waals surface area contributed by atoms with E-state index in [2.05, 4.69) is 9.97 Å². The fraction of sp³-hybridized carbons (Fsp3) is 0.190. The van der Waals surface area contributed by atoms with Gasteiger partial charge in [0.2, 0.25) is 0 Å². The van der Waals surface area contributed by atoms with Crippen molar-refractivity contribution in [2.24, 2.45) is 0 Å². The molecule has 0 aliphatic carbocycles. The molecule has 0 saturated carbocycles. The third kappa shape index (κ3) is 4.38. The lowest BCUT2D eigenvalue weighted by molar-refractivity contribution is 0.0982. The molecule has 160 valence electrons. The quantitative estimate of drug-likeness (QED) is 0.380. The lowest BCUT2D eigenvalue weighted by atomic mass is 10.2. The van der Waals surface area contributed by atoms with E-state index in [4.69, 9.17) is 16.3 Å². The Bertz CT molecular complexity index is 1230. The van der Waals surface area contributed by atoms with Crippen molar-refractivity contribution in [2.45, 2.75) is 13.0 Å². The Morgan fingerprint density at radius 1 is 1.29 bits per heavy atom. The van der Waals surface area contributed by atoms with E-state index in [0.717, 1.165) is 12.1 Å². The standard InChI is InChI=1S/C21H17ClF2N4O2S/c1-30-17-6-5-15(22)19-18(17)26-21(31-19)28(9-2-8-27-10-7-25-12-27)20(29)14-4-3-13(23)11-16(14)24/h3-7,10-12H,2,8-9H2,1H3. The Morgan fingerprint density at radius 2 is 2.13 bits per heavy atom. The number of halogens is 3. The van der Waals surface area contributed by atoms with Crippen LogP contribution in [0.25, 0.3) is 10.2 Å². The van der Waals surface area contributed by atoms with Gasteiger partial charge >= 0.3 is 0 Å². The molecule has 1 amide bonds. The molecule has 0 bridgehead atoms. The van der Waals surface area contributed by atoms with Gasteiger partial charge in [0.1, 0.15) is 22.9 Å². The van der Waals surface area contributed by atoms with Gasteiger partial charge in [-0.2, -0.15) is 0 Å². The maximum atomic E-state index is 14.4. The summed E-state index contributed by atoms with van der Waals surface area (Å²) in [5.74, 6) is -1.78. The molecule has 0 radical (unpaired) electrons. The van der Waals surface area contributed by atoms with Crippen molar-refractivity contribution in [2.75, 3.05) is 18.6 Å². The van der Waals surface area contributed by atoms with E-state index in [1.165, 1.54) is 23.3 Å². The number of nitrogens with zero attached hydrogens (tertiary/aromatic N) is 4. The molecule has 0 atom stereocenters. The van der Waals surface area contributed by atoms with Crippen LogP contribution in [0.4, 0.5) is 13.9 Å². The Morgan fingerprint density at radius 3 is 2.84 bits per heavy atom. The second-order valence-corrected chi connectivity index (χ2v) is 8.04. The molecule has 0 N–H and O–H groups in total. The first-order valence-corrected chi connectivity index (χ1v) is 10.5. The largest absolute Gasteiger partial charge is 0.494 e. The first kappa shape index (κ1) is 21.2. The van der Waals surface area contributed by atoms with E-state index in [1.54, 1.807) is 24.7 Å². The first-order valence-electron chi connectivity index (χ1n) is 9.33. The van der Waals surface area contributed by atoms with Crippen molar-refractivity contribution < 1.29 is 18.3 Å². The van der Waals surface area contributed by atoms with E-state index in [9.17, 15) is 13.6 Å². The Balaban J connectivity index is 1.71. The van der Waals surface area contributed by atoms with E-state index in [0.29, 0.717) is 45.2 Å². The monoisotopic (exact) mass is 462 g/mol. The maximum absolute atomic E-state index is 14.4. The number of amides is 1. The predicted octanol–water partition coefficient (Wildman–Crippen LogP) is 5.17. The maximum Gasteiger partial charge on any atom is 0.263 e. The van der Waals surface area contributed by atoms with Crippen LogP contribution in [-0.2, 0) is 6.54 Å². The summed E-state index contributed by atoms with van der Waals surface area (Å²) >= 11 is 7.52. The zero-order valence-electron chi connectivity index (χ0n) is 16.4. The van der Waals surface area contributed by atoms with Crippen molar-refractivity contribution >= 4 is 44.2 Å². The Labute approximate surface area is 185 Å². The lowest BCUT2D eigenvalue weighted by Gasteiger charge is -2.20. The van der Waals surface area contributed by atoms with E-state index in [1.807, 2.05) is 10.8 Å².